The van der Waals surface area contributed by atoms with Crippen molar-refractivity contribution in [3.63, 3.8) is 0 Å². The number of nitriles is 1. The van der Waals surface area contributed by atoms with E-state index in [-0.39, 0.29) is 12.1 Å². The van der Waals surface area contributed by atoms with Crippen LogP contribution in [0.1, 0.15) is 17.3 Å². The van der Waals surface area contributed by atoms with Gasteiger partial charge >= 0.3 is 6.36 Å². The Labute approximate surface area is 171 Å². The van der Waals surface area contributed by atoms with E-state index in [1.54, 1.807) is 12.4 Å². The average molecular weight is 468 g/mol. The minimum atomic E-state index is -4.82. The summed E-state index contributed by atoms with van der Waals surface area (Å²) >= 11 is 3.32. The van der Waals surface area contributed by atoms with Gasteiger partial charge < -0.3 is 10.1 Å². The summed E-state index contributed by atoms with van der Waals surface area (Å²) < 4.78 is 42.7. The minimum Gasteiger partial charge on any atom is -0.406 e. The second kappa shape index (κ2) is 7.71. The van der Waals surface area contributed by atoms with Crippen molar-refractivity contribution in [1.29, 1.82) is 5.26 Å². The molecule has 0 saturated heterocycles. The van der Waals surface area contributed by atoms with Gasteiger partial charge in [-0.15, -0.1) is 13.2 Å². The van der Waals surface area contributed by atoms with Crippen LogP contribution in [-0.4, -0.2) is 32.6 Å². The summed E-state index contributed by atoms with van der Waals surface area (Å²) in [6.07, 6.45) is -1.53. The molecule has 3 aromatic rings. The molecule has 0 fully saturated rings. The number of carbonyl (C=O) groups is 1. The van der Waals surface area contributed by atoms with Gasteiger partial charge in [-0.3, -0.25) is 9.48 Å². The highest BCUT2D eigenvalue weighted by molar-refractivity contribution is 9.10. The van der Waals surface area contributed by atoms with E-state index in [0.29, 0.717) is 5.65 Å². The van der Waals surface area contributed by atoms with Crippen molar-refractivity contribution in [3.8, 4) is 11.8 Å². The molecule has 0 aliphatic heterocycles. The maximum atomic E-state index is 12.4. The van der Waals surface area contributed by atoms with Crippen LogP contribution in [0, 0.1) is 11.3 Å². The van der Waals surface area contributed by atoms with E-state index in [1.807, 2.05) is 12.1 Å². The second-order valence-electron chi connectivity index (χ2n) is 6.36. The number of carbonyl (C=O) groups excluding carboxylic acids is 1. The van der Waals surface area contributed by atoms with Crippen molar-refractivity contribution in [1.82, 2.24) is 20.1 Å². The molecule has 1 unspecified atom stereocenters. The van der Waals surface area contributed by atoms with E-state index in [0.717, 1.165) is 22.0 Å². The van der Waals surface area contributed by atoms with Crippen molar-refractivity contribution in [2.75, 3.05) is 0 Å². The topological polar surface area (TPSA) is 92.8 Å². The third-order valence-corrected chi connectivity index (χ3v) is 4.27. The van der Waals surface area contributed by atoms with E-state index in [1.165, 1.54) is 23.7 Å². The first-order chi connectivity index (χ1) is 13.6. The lowest BCUT2D eigenvalue weighted by Crippen LogP contribution is -2.48. The van der Waals surface area contributed by atoms with Crippen LogP contribution in [0.3, 0.4) is 0 Å². The molecule has 150 valence electrons. The van der Waals surface area contributed by atoms with Gasteiger partial charge in [-0.2, -0.15) is 10.4 Å². The first-order valence-corrected chi connectivity index (χ1v) is 8.94. The van der Waals surface area contributed by atoms with Crippen molar-refractivity contribution >= 4 is 32.9 Å². The number of hydrogen-bond acceptors (Lipinski definition) is 5. The number of halogens is 4. The lowest BCUT2D eigenvalue weighted by molar-refractivity contribution is -0.274. The number of aromatic nitrogens is 3. The van der Waals surface area contributed by atoms with Crippen LogP contribution in [0.2, 0.25) is 0 Å². The molecule has 1 amide bonds. The molecule has 1 atom stereocenters. The Balaban J connectivity index is 1.73. The van der Waals surface area contributed by atoms with Crippen molar-refractivity contribution in [2.24, 2.45) is 0 Å². The molecule has 0 spiro atoms. The van der Waals surface area contributed by atoms with Gasteiger partial charge in [0.2, 0.25) is 0 Å². The number of ether oxygens (including phenoxy) is 1. The smallest absolute Gasteiger partial charge is 0.406 e. The van der Waals surface area contributed by atoms with Gasteiger partial charge in [0.25, 0.3) is 5.91 Å². The number of nitrogens with zero attached hydrogens (tertiary/aromatic N) is 4. The molecule has 2 aromatic heterocycles. The van der Waals surface area contributed by atoms with Gasteiger partial charge in [-0.1, -0.05) is 0 Å². The Morgan fingerprint density at radius 1 is 1.34 bits per heavy atom. The number of rotatable bonds is 5. The molecular formula is C18H13BrF3N5O2. The van der Waals surface area contributed by atoms with Gasteiger partial charge in [0.1, 0.15) is 11.3 Å². The molecule has 0 bridgehead atoms. The van der Waals surface area contributed by atoms with E-state index >= 15 is 0 Å². The lowest BCUT2D eigenvalue weighted by Gasteiger charge is -2.23. The molecule has 0 aliphatic rings. The summed E-state index contributed by atoms with van der Waals surface area (Å²) in [4.78, 5) is 16.6. The SMILES string of the molecule is CC(C#N)(Cn1cc2cc(Br)cnc2n1)NC(=O)c1ccc(OC(F)(F)F)cc1. The molecule has 7 nitrogen and oxygen atoms in total. The van der Waals surface area contributed by atoms with Gasteiger partial charge in [0.15, 0.2) is 5.65 Å². The normalized spacial score (nSPS) is 13.5. The zero-order valence-corrected chi connectivity index (χ0v) is 16.5. The zero-order chi connectivity index (χ0) is 21.2. The fraction of sp³-hybridized carbons (Fsp3) is 0.222. The van der Waals surface area contributed by atoms with Crippen LogP contribution in [0.15, 0.2) is 47.2 Å². The number of pyridine rings is 1. The van der Waals surface area contributed by atoms with Crippen LogP contribution in [0.4, 0.5) is 13.2 Å². The van der Waals surface area contributed by atoms with Crippen LogP contribution in [0.25, 0.3) is 11.0 Å². The predicted molar refractivity (Wildman–Crippen MR) is 99.8 cm³/mol. The molecule has 1 aromatic carbocycles. The first kappa shape index (κ1) is 20.6. The maximum absolute atomic E-state index is 12.4. The van der Waals surface area contributed by atoms with Crippen LogP contribution in [0.5, 0.6) is 5.75 Å². The predicted octanol–water partition coefficient (Wildman–Crippen LogP) is 3.80. The number of nitrogens with one attached hydrogen (secondary N) is 1. The molecule has 0 saturated carbocycles. The van der Waals surface area contributed by atoms with E-state index < -0.39 is 23.6 Å². The van der Waals surface area contributed by atoms with Gasteiger partial charge in [-0.05, 0) is 53.2 Å². The number of amides is 1. The van der Waals surface area contributed by atoms with Crippen molar-refractivity contribution < 1.29 is 22.7 Å². The van der Waals surface area contributed by atoms with Crippen LogP contribution < -0.4 is 10.1 Å². The number of benzene rings is 1. The van der Waals surface area contributed by atoms with E-state index in [2.05, 4.69) is 36.1 Å². The fourth-order valence-electron chi connectivity index (χ4n) is 2.58. The molecule has 11 heteroatoms. The highest BCUT2D eigenvalue weighted by Gasteiger charge is 2.31. The third-order valence-electron chi connectivity index (χ3n) is 3.84. The largest absolute Gasteiger partial charge is 0.573 e. The monoisotopic (exact) mass is 467 g/mol. The zero-order valence-electron chi connectivity index (χ0n) is 14.9. The Kier molecular flexibility index (Phi) is 5.48. The van der Waals surface area contributed by atoms with E-state index in [9.17, 15) is 23.2 Å². The summed E-state index contributed by atoms with van der Waals surface area (Å²) in [5.41, 5.74) is -0.755. The maximum Gasteiger partial charge on any atom is 0.573 e. The highest BCUT2D eigenvalue weighted by Crippen LogP contribution is 2.23. The average Bonchev–Trinajstić information content (AvgIpc) is 3.01. The molecular weight excluding hydrogens is 455 g/mol. The van der Waals surface area contributed by atoms with Gasteiger partial charge in [-0.25, -0.2) is 4.98 Å². The Morgan fingerprint density at radius 3 is 2.66 bits per heavy atom. The molecule has 2 heterocycles. The minimum absolute atomic E-state index is 0.0402. The Bertz CT molecular complexity index is 1090. The third kappa shape index (κ3) is 5.23. The summed E-state index contributed by atoms with van der Waals surface area (Å²) in [7, 11) is 0. The van der Waals surface area contributed by atoms with Crippen LogP contribution in [-0.2, 0) is 6.54 Å². The first-order valence-electron chi connectivity index (χ1n) is 8.15. The number of alkyl halides is 3. The van der Waals surface area contributed by atoms with E-state index in [4.69, 9.17) is 0 Å². The van der Waals surface area contributed by atoms with Gasteiger partial charge in [0.05, 0.1) is 12.6 Å². The second-order valence-corrected chi connectivity index (χ2v) is 7.28. The molecule has 3 rings (SSSR count). The standard InChI is InChI=1S/C18H13BrF3N5O2/c1-17(9-23,10-27-8-12-6-13(19)7-24-15(12)26-27)25-16(28)11-2-4-14(5-3-11)29-18(20,21)22/h2-8H,10H2,1H3,(H,25,28). The molecule has 0 aliphatic carbocycles. The summed E-state index contributed by atoms with van der Waals surface area (Å²) in [6.45, 7) is 1.56. The van der Waals surface area contributed by atoms with Crippen LogP contribution >= 0.6 is 15.9 Å². The van der Waals surface area contributed by atoms with Crippen molar-refractivity contribution in [2.45, 2.75) is 25.4 Å². The number of fused-ring (bicyclic) bond motifs is 1. The molecule has 1 N–H and O–H groups in total. The summed E-state index contributed by atoms with van der Waals surface area (Å²) in [6, 6.07) is 8.25. The Morgan fingerprint density at radius 2 is 2.03 bits per heavy atom. The number of hydrogen-bond donors (Lipinski definition) is 1. The fourth-order valence-corrected chi connectivity index (χ4v) is 2.92. The summed E-state index contributed by atoms with van der Waals surface area (Å²) in [5.74, 6) is -1.07. The molecule has 0 radical (unpaired) electrons. The van der Waals surface area contributed by atoms with Crippen molar-refractivity contribution in [3.05, 3.63) is 52.8 Å². The van der Waals surface area contributed by atoms with Gasteiger partial charge in [0, 0.05) is 27.8 Å². The summed E-state index contributed by atoms with van der Waals surface area (Å²) in [5, 5.41) is 17.2. The highest BCUT2D eigenvalue weighted by atomic mass is 79.9. The molecule has 29 heavy (non-hydrogen) atoms. The lowest BCUT2D eigenvalue weighted by atomic mass is 10.0. The Hall–Kier alpha value is -3.13. The quantitative estimate of drug-likeness (QED) is 0.615.